The standard InChI is InChI=1S/C16H17ClN4O4/c17-11-5-3-4-10(8-11)13(23)20-19-12(22)9-21-14(24)16(18-15(21)25)6-1-2-7-16/h3-5,8H,1-2,6-7,9H2,(H,18,25)(H,19,22)(H,20,23). The number of carbonyl (C=O) groups excluding carboxylic acids is 4. The maximum Gasteiger partial charge on any atom is 0.325 e. The highest BCUT2D eigenvalue weighted by Gasteiger charge is 2.52. The molecule has 2 aliphatic rings. The summed E-state index contributed by atoms with van der Waals surface area (Å²) in [7, 11) is 0. The zero-order chi connectivity index (χ0) is 18.0. The normalized spacial score (nSPS) is 18.4. The Kier molecular flexibility index (Phi) is 4.63. The molecule has 1 spiro atoms. The van der Waals surface area contributed by atoms with E-state index in [1.54, 1.807) is 12.1 Å². The molecule has 3 rings (SSSR count). The van der Waals surface area contributed by atoms with Gasteiger partial charge in [0.05, 0.1) is 0 Å². The minimum Gasteiger partial charge on any atom is -0.323 e. The summed E-state index contributed by atoms with van der Waals surface area (Å²) >= 11 is 5.80. The van der Waals surface area contributed by atoms with Crippen LogP contribution in [0.5, 0.6) is 0 Å². The van der Waals surface area contributed by atoms with Crippen molar-refractivity contribution in [1.82, 2.24) is 21.1 Å². The molecular weight excluding hydrogens is 348 g/mol. The van der Waals surface area contributed by atoms with Crippen molar-refractivity contribution in [1.29, 1.82) is 0 Å². The Hall–Kier alpha value is -2.61. The molecule has 1 aromatic rings. The van der Waals surface area contributed by atoms with Crippen LogP contribution in [0.3, 0.4) is 0 Å². The average Bonchev–Trinajstić information content (AvgIpc) is 3.14. The van der Waals surface area contributed by atoms with Crippen molar-refractivity contribution in [3.8, 4) is 0 Å². The molecule has 132 valence electrons. The zero-order valence-electron chi connectivity index (χ0n) is 13.3. The molecular formula is C16H17ClN4O4. The third-order valence-electron chi connectivity index (χ3n) is 4.41. The van der Waals surface area contributed by atoms with Gasteiger partial charge in [0.2, 0.25) is 0 Å². The van der Waals surface area contributed by atoms with Crippen molar-refractivity contribution in [3.63, 3.8) is 0 Å². The monoisotopic (exact) mass is 364 g/mol. The van der Waals surface area contributed by atoms with Crippen LogP contribution >= 0.6 is 11.6 Å². The van der Waals surface area contributed by atoms with Crippen molar-refractivity contribution in [2.45, 2.75) is 31.2 Å². The number of benzene rings is 1. The fraction of sp³-hybridized carbons (Fsp3) is 0.375. The second kappa shape index (κ2) is 6.72. The summed E-state index contributed by atoms with van der Waals surface area (Å²) in [4.78, 5) is 49.2. The summed E-state index contributed by atoms with van der Waals surface area (Å²) in [6.07, 6.45) is 2.89. The van der Waals surface area contributed by atoms with Gasteiger partial charge < -0.3 is 5.32 Å². The average molecular weight is 365 g/mol. The summed E-state index contributed by atoms with van der Waals surface area (Å²) in [5.41, 5.74) is 3.83. The van der Waals surface area contributed by atoms with Crippen LogP contribution in [0.2, 0.25) is 5.02 Å². The van der Waals surface area contributed by atoms with E-state index in [9.17, 15) is 19.2 Å². The Labute approximate surface area is 148 Å². The van der Waals surface area contributed by atoms with Crippen LogP contribution in [-0.2, 0) is 9.59 Å². The van der Waals surface area contributed by atoms with Crippen molar-refractivity contribution in [2.75, 3.05) is 6.54 Å². The number of imide groups is 1. The molecule has 1 aliphatic carbocycles. The number of nitrogens with one attached hydrogen (secondary N) is 3. The third kappa shape index (κ3) is 3.43. The first-order valence-electron chi connectivity index (χ1n) is 7.90. The minimum absolute atomic E-state index is 0.271. The number of amides is 5. The van der Waals surface area contributed by atoms with Gasteiger partial charge >= 0.3 is 6.03 Å². The van der Waals surface area contributed by atoms with Crippen LogP contribution in [0.15, 0.2) is 24.3 Å². The Morgan fingerprint density at radius 2 is 1.92 bits per heavy atom. The maximum atomic E-state index is 12.4. The first kappa shape index (κ1) is 17.2. The summed E-state index contributed by atoms with van der Waals surface area (Å²) in [5, 5.41) is 3.08. The van der Waals surface area contributed by atoms with Gasteiger partial charge in [0.15, 0.2) is 0 Å². The number of carbonyl (C=O) groups is 4. The lowest BCUT2D eigenvalue weighted by molar-refractivity contribution is -0.135. The lowest BCUT2D eigenvalue weighted by Crippen LogP contribution is -2.48. The lowest BCUT2D eigenvalue weighted by Gasteiger charge is -2.19. The highest BCUT2D eigenvalue weighted by Crippen LogP contribution is 2.34. The molecule has 0 unspecified atom stereocenters. The van der Waals surface area contributed by atoms with Crippen molar-refractivity contribution >= 4 is 35.4 Å². The molecule has 9 heteroatoms. The highest BCUT2D eigenvalue weighted by molar-refractivity contribution is 6.31. The Balaban J connectivity index is 1.55. The molecule has 8 nitrogen and oxygen atoms in total. The molecule has 1 heterocycles. The van der Waals surface area contributed by atoms with Gasteiger partial charge in [-0.15, -0.1) is 0 Å². The SMILES string of the molecule is O=C(CN1C(=O)NC2(CCCC2)C1=O)NNC(=O)c1cccc(Cl)c1. The second-order valence-electron chi connectivity index (χ2n) is 6.12. The first-order valence-corrected chi connectivity index (χ1v) is 8.28. The van der Waals surface area contributed by atoms with E-state index >= 15 is 0 Å². The van der Waals surface area contributed by atoms with Crippen LogP contribution in [-0.4, -0.2) is 40.7 Å². The third-order valence-corrected chi connectivity index (χ3v) is 4.64. The zero-order valence-corrected chi connectivity index (χ0v) is 14.1. The predicted molar refractivity (Wildman–Crippen MR) is 88.5 cm³/mol. The summed E-state index contributed by atoms with van der Waals surface area (Å²) in [6, 6.07) is 5.63. The van der Waals surface area contributed by atoms with Crippen molar-refractivity contribution < 1.29 is 19.2 Å². The molecule has 3 N–H and O–H groups in total. The molecule has 0 radical (unpaired) electrons. The van der Waals surface area contributed by atoms with E-state index in [1.165, 1.54) is 12.1 Å². The fourth-order valence-corrected chi connectivity index (χ4v) is 3.34. The lowest BCUT2D eigenvalue weighted by atomic mass is 9.98. The van der Waals surface area contributed by atoms with Crippen LogP contribution in [0.4, 0.5) is 4.79 Å². The maximum absolute atomic E-state index is 12.4. The van der Waals surface area contributed by atoms with Gasteiger partial charge in [0, 0.05) is 10.6 Å². The smallest absolute Gasteiger partial charge is 0.323 e. The molecule has 2 fully saturated rings. The van der Waals surface area contributed by atoms with E-state index in [-0.39, 0.29) is 11.5 Å². The summed E-state index contributed by atoms with van der Waals surface area (Å²) in [5.74, 6) is -1.61. The van der Waals surface area contributed by atoms with Gasteiger partial charge in [0.25, 0.3) is 17.7 Å². The van der Waals surface area contributed by atoms with E-state index in [1.807, 2.05) is 0 Å². The van der Waals surface area contributed by atoms with Crippen molar-refractivity contribution in [2.24, 2.45) is 0 Å². The Bertz CT molecular complexity index is 745. The quantitative estimate of drug-likeness (QED) is 0.548. The first-order chi connectivity index (χ1) is 11.9. The molecule has 1 saturated carbocycles. The predicted octanol–water partition coefficient (Wildman–Crippen LogP) is 0.966. The number of hydrogen-bond acceptors (Lipinski definition) is 4. The molecule has 1 aliphatic heterocycles. The molecule has 5 amide bonds. The van der Waals surface area contributed by atoms with Gasteiger partial charge in [-0.2, -0.15) is 0 Å². The second-order valence-corrected chi connectivity index (χ2v) is 6.56. The fourth-order valence-electron chi connectivity index (χ4n) is 3.15. The van der Waals surface area contributed by atoms with Gasteiger partial charge in [-0.1, -0.05) is 30.5 Å². The number of hydrazine groups is 1. The largest absolute Gasteiger partial charge is 0.325 e. The van der Waals surface area contributed by atoms with E-state index in [4.69, 9.17) is 11.6 Å². The van der Waals surface area contributed by atoms with Gasteiger partial charge in [-0.25, -0.2) is 4.79 Å². The molecule has 0 bridgehead atoms. The molecule has 0 aromatic heterocycles. The molecule has 1 saturated heterocycles. The molecule has 25 heavy (non-hydrogen) atoms. The van der Waals surface area contributed by atoms with E-state index in [2.05, 4.69) is 16.2 Å². The summed E-state index contributed by atoms with van der Waals surface area (Å²) < 4.78 is 0. The molecule has 1 aromatic carbocycles. The van der Waals surface area contributed by atoms with E-state index in [0.717, 1.165) is 17.7 Å². The van der Waals surface area contributed by atoms with Crippen LogP contribution in [0.25, 0.3) is 0 Å². The number of halogens is 1. The van der Waals surface area contributed by atoms with E-state index in [0.29, 0.717) is 17.9 Å². The number of rotatable bonds is 3. The van der Waals surface area contributed by atoms with Crippen LogP contribution < -0.4 is 16.2 Å². The number of urea groups is 1. The highest BCUT2D eigenvalue weighted by atomic mass is 35.5. The van der Waals surface area contributed by atoms with Gasteiger partial charge in [0.1, 0.15) is 12.1 Å². The number of hydrogen-bond donors (Lipinski definition) is 3. The van der Waals surface area contributed by atoms with E-state index < -0.39 is 29.9 Å². The Morgan fingerprint density at radius 1 is 1.20 bits per heavy atom. The topological polar surface area (TPSA) is 108 Å². The Morgan fingerprint density at radius 3 is 2.60 bits per heavy atom. The number of nitrogens with zero attached hydrogens (tertiary/aromatic N) is 1. The van der Waals surface area contributed by atoms with Crippen LogP contribution in [0.1, 0.15) is 36.0 Å². The molecule has 0 atom stereocenters. The van der Waals surface area contributed by atoms with Gasteiger partial charge in [-0.05, 0) is 31.0 Å². The minimum atomic E-state index is -0.860. The van der Waals surface area contributed by atoms with Crippen LogP contribution in [0, 0.1) is 0 Å². The van der Waals surface area contributed by atoms with Gasteiger partial charge in [-0.3, -0.25) is 30.1 Å². The van der Waals surface area contributed by atoms with Crippen molar-refractivity contribution in [3.05, 3.63) is 34.9 Å². The summed E-state index contributed by atoms with van der Waals surface area (Å²) in [6.45, 7) is -0.456.